The van der Waals surface area contributed by atoms with Crippen LogP contribution in [0, 0.1) is 5.92 Å². The normalized spacial score (nSPS) is 14.8. The molecule has 0 bridgehead atoms. The van der Waals surface area contributed by atoms with Gasteiger partial charge in [-0.3, -0.25) is 0 Å². The molecule has 0 aromatic heterocycles. The molecule has 0 aliphatic rings. The number of unbranched alkanes of at least 4 members (excludes halogenated alkanes) is 2. The lowest BCUT2D eigenvalue weighted by molar-refractivity contribution is 0.0957. The second-order valence-electron chi connectivity index (χ2n) is 3.42. The van der Waals surface area contributed by atoms with Crippen LogP contribution in [0.3, 0.4) is 0 Å². The van der Waals surface area contributed by atoms with Crippen LogP contribution in [0.2, 0.25) is 0 Å². The highest BCUT2D eigenvalue weighted by molar-refractivity contribution is 14.1. The molecule has 0 nitrogen and oxygen atoms in total. The van der Waals surface area contributed by atoms with Crippen molar-refractivity contribution in [2.75, 3.05) is 0 Å². The third-order valence-corrected chi connectivity index (χ3v) is 2.32. The van der Waals surface area contributed by atoms with E-state index >= 15 is 0 Å². The largest absolute Gasteiger partial charge is 0.296 e. The summed E-state index contributed by atoms with van der Waals surface area (Å²) in [6.45, 7) is 4.03. The quantitative estimate of drug-likeness (QED) is 0.380. The van der Waals surface area contributed by atoms with E-state index in [-0.39, 0.29) is 12.3 Å². The molecule has 0 radical (unpaired) electrons. The molecular weight excluding hydrogens is 273 g/mol. The Hall–Kier alpha value is 0.590. The summed E-state index contributed by atoms with van der Waals surface area (Å²) in [5.41, 5.74) is 0. The van der Waals surface area contributed by atoms with E-state index < -0.39 is 3.93 Å². The number of hydrogen-bond donors (Lipinski definition) is 0. The lowest BCUT2D eigenvalue weighted by Gasteiger charge is -2.14. The van der Waals surface area contributed by atoms with Gasteiger partial charge in [0.05, 0.1) is 0 Å². The van der Waals surface area contributed by atoms with Gasteiger partial charge in [-0.05, 0) is 28.5 Å². The summed E-state index contributed by atoms with van der Waals surface area (Å²) in [5.74, 6) is 0.156. The summed E-state index contributed by atoms with van der Waals surface area (Å²) in [4.78, 5) is 0. The molecule has 0 heterocycles. The first-order chi connectivity index (χ1) is 5.45. The standard InChI is InChI=1S/C9H17F2I/c1-3-4-5-6-8(2)7-9(10,11)12/h8H,3-7H2,1-2H3. The van der Waals surface area contributed by atoms with Crippen molar-refractivity contribution in [3.63, 3.8) is 0 Å². The molecule has 1 unspecified atom stereocenters. The maximum atomic E-state index is 12.5. The second kappa shape index (κ2) is 6.11. The Balaban J connectivity index is 3.40. The van der Waals surface area contributed by atoms with E-state index in [1.54, 1.807) is 0 Å². The van der Waals surface area contributed by atoms with Crippen molar-refractivity contribution in [3.05, 3.63) is 0 Å². The Morgan fingerprint density at radius 1 is 1.33 bits per heavy atom. The number of halogens is 3. The van der Waals surface area contributed by atoms with Crippen molar-refractivity contribution in [1.82, 2.24) is 0 Å². The molecule has 0 aliphatic carbocycles. The van der Waals surface area contributed by atoms with E-state index in [0.29, 0.717) is 0 Å². The maximum absolute atomic E-state index is 12.5. The first-order valence-corrected chi connectivity index (χ1v) is 5.60. The fraction of sp³-hybridized carbons (Fsp3) is 1.00. The summed E-state index contributed by atoms with van der Waals surface area (Å²) in [5, 5.41) is 0. The van der Waals surface area contributed by atoms with Crippen molar-refractivity contribution >= 4 is 22.6 Å². The molecule has 0 spiro atoms. The summed E-state index contributed by atoms with van der Waals surface area (Å²) in [7, 11) is 0. The van der Waals surface area contributed by atoms with Gasteiger partial charge in [-0.1, -0.05) is 39.5 Å². The maximum Gasteiger partial charge on any atom is 0.296 e. The highest BCUT2D eigenvalue weighted by Crippen LogP contribution is 2.32. The van der Waals surface area contributed by atoms with Crippen LogP contribution in [0.4, 0.5) is 8.78 Å². The van der Waals surface area contributed by atoms with Gasteiger partial charge >= 0.3 is 0 Å². The van der Waals surface area contributed by atoms with Gasteiger partial charge < -0.3 is 0 Å². The highest BCUT2D eigenvalue weighted by Gasteiger charge is 2.26. The molecule has 3 heteroatoms. The van der Waals surface area contributed by atoms with Crippen LogP contribution in [0.25, 0.3) is 0 Å². The second-order valence-corrected chi connectivity index (χ2v) is 5.00. The highest BCUT2D eigenvalue weighted by atomic mass is 127. The molecule has 0 saturated carbocycles. The lowest BCUT2D eigenvalue weighted by atomic mass is 10.0. The van der Waals surface area contributed by atoms with Crippen molar-refractivity contribution in [2.24, 2.45) is 5.92 Å². The van der Waals surface area contributed by atoms with Gasteiger partial charge in [0.1, 0.15) is 0 Å². The van der Waals surface area contributed by atoms with Gasteiger partial charge in [-0.2, -0.15) is 8.78 Å². The Bertz CT molecular complexity index is 110. The molecule has 0 saturated heterocycles. The molecule has 0 aliphatic heterocycles. The van der Waals surface area contributed by atoms with Gasteiger partial charge in [0.2, 0.25) is 0 Å². The molecule has 0 N–H and O–H groups in total. The van der Waals surface area contributed by atoms with Crippen LogP contribution >= 0.6 is 22.6 Å². The van der Waals surface area contributed by atoms with E-state index in [1.807, 2.05) is 6.92 Å². The predicted octanol–water partition coefficient (Wildman–Crippen LogP) is 4.62. The topological polar surface area (TPSA) is 0 Å². The summed E-state index contributed by atoms with van der Waals surface area (Å²) in [6, 6.07) is 0. The van der Waals surface area contributed by atoms with Gasteiger partial charge in [0.15, 0.2) is 0 Å². The van der Waals surface area contributed by atoms with Crippen LogP contribution in [0.1, 0.15) is 46.0 Å². The minimum Gasteiger partial charge on any atom is -0.195 e. The molecule has 0 rings (SSSR count). The third-order valence-electron chi connectivity index (χ3n) is 1.88. The number of rotatable bonds is 6. The monoisotopic (exact) mass is 290 g/mol. The molecule has 0 amide bonds. The van der Waals surface area contributed by atoms with Crippen molar-refractivity contribution in [3.8, 4) is 0 Å². The van der Waals surface area contributed by atoms with E-state index in [9.17, 15) is 8.78 Å². The van der Waals surface area contributed by atoms with Gasteiger partial charge in [-0.25, -0.2) is 0 Å². The zero-order valence-corrected chi connectivity index (χ0v) is 9.90. The average molecular weight is 290 g/mol. The fourth-order valence-electron chi connectivity index (χ4n) is 1.24. The number of hydrogen-bond acceptors (Lipinski definition) is 0. The van der Waals surface area contributed by atoms with E-state index in [4.69, 9.17) is 0 Å². The Kier molecular flexibility index (Phi) is 6.41. The summed E-state index contributed by atoms with van der Waals surface area (Å²) < 4.78 is 22.4. The Morgan fingerprint density at radius 3 is 2.33 bits per heavy atom. The van der Waals surface area contributed by atoms with Crippen LogP contribution in [0.15, 0.2) is 0 Å². The van der Waals surface area contributed by atoms with Crippen molar-refractivity contribution in [1.29, 1.82) is 0 Å². The fourth-order valence-corrected chi connectivity index (χ4v) is 1.99. The van der Waals surface area contributed by atoms with E-state index in [0.717, 1.165) is 25.7 Å². The van der Waals surface area contributed by atoms with Crippen LogP contribution in [0.5, 0.6) is 0 Å². The van der Waals surface area contributed by atoms with E-state index in [1.165, 1.54) is 22.6 Å². The van der Waals surface area contributed by atoms with Crippen LogP contribution in [-0.4, -0.2) is 3.93 Å². The van der Waals surface area contributed by atoms with Gasteiger partial charge in [0.25, 0.3) is 3.93 Å². The average Bonchev–Trinajstić information content (AvgIpc) is 1.84. The first-order valence-electron chi connectivity index (χ1n) is 4.52. The number of alkyl halides is 3. The van der Waals surface area contributed by atoms with Crippen LogP contribution in [-0.2, 0) is 0 Å². The van der Waals surface area contributed by atoms with Gasteiger partial charge in [-0.15, -0.1) is 0 Å². The third kappa shape index (κ3) is 8.68. The molecule has 1 atom stereocenters. The lowest BCUT2D eigenvalue weighted by Crippen LogP contribution is -2.10. The molecule has 0 aromatic rings. The molecule has 0 fully saturated rings. The Labute approximate surface area is 87.3 Å². The zero-order chi connectivity index (χ0) is 9.61. The smallest absolute Gasteiger partial charge is 0.195 e. The minimum atomic E-state index is -2.51. The molecular formula is C9H17F2I. The van der Waals surface area contributed by atoms with Crippen LogP contribution < -0.4 is 0 Å². The van der Waals surface area contributed by atoms with Gasteiger partial charge in [0, 0.05) is 6.42 Å². The minimum absolute atomic E-state index is 0.0251. The SMILES string of the molecule is CCCCCC(C)CC(F)(F)I. The van der Waals surface area contributed by atoms with E-state index in [2.05, 4.69) is 6.92 Å². The first kappa shape index (κ1) is 12.6. The Morgan fingerprint density at radius 2 is 1.92 bits per heavy atom. The molecule has 12 heavy (non-hydrogen) atoms. The zero-order valence-electron chi connectivity index (χ0n) is 7.75. The van der Waals surface area contributed by atoms with Crippen molar-refractivity contribution in [2.45, 2.75) is 49.9 Å². The molecule has 0 aromatic carbocycles. The molecule has 74 valence electrons. The summed E-state index contributed by atoms with van der Waals surface area (Å²) in [6.07, 6.45) is 4.37. The predicted molar refractivity (Wildman–Crippen MR) is 56.9 cm³/mol. The van der Waals surface area contributed by atoms with Crippen molar-refractivity contribution < 1.29 is 8.78 Å². The summed E-state index contributed by atoms with van der Waals surface area (Å²) >= 11 is 1.22.